The second-order valence-corrected chi connectivity index (χ2v) is 3.50. The first kappa shape index (κ1) is 12.2. The van der Waals surface area contributed by atoms with Crippen molar-refractivity contribution in [2.75, 3.05) is 6.26 Å². The second-order valence-electron chi connectivity index (χ2n) is 2.73. The molecule has 1 N–H and O–H groups in total. The predicted octanol–water partition coefficient (Wildman–Crippen LogP) is 1.82. The summed E-state index contributed by atoms with van der Waals surface area (Å²) < 4.78 is 0. The van der Waals surface area contributed by atoms with Gasteiger partial charge in [-0.25, -0.2) is 14.8 Å². The Labute approximate surface area is 96.8 Å². The van der Waals surface area contributed by atoms with E-state index in [-0.39, 0.29) is 12.1 Å². The third-order valence-electron chi connectivity index (χ3n) is 1.69. The molecule has 1 rings (SSSR count). The highest BCUT2D eigenvalue weighted by molar-refractivity contribution is 7.98. The third-order valence-corrected chi connectivity index (χ3v) is 2.25. The molecule has 0 aliphatic heterocycles. The van der Waals surface area contributed by atoms with Gasteiger partial charge in [-0.1, -0.05) is 23.9 Å². The van der Waals surface area contributed by atoms with Crippen molar-refractivity contribution < 1.29 is 9.90 Å². The smallest absolute Gasteiger partial charge is 0.355 e. The number of nitriles is 1. The van der Waals surface area contributed by atoms with Crippen LogP contribution >= 0.6 is 11.8 Å². The SMILES string of the molecule is CSc1ncc(C=CCC#N)c(C(=O)O)n1. The number of aromatic nitrogens is 2. The number of carboxylic acids is 1. The molecule has 0 atom stereocenters. The molecular weight excluding hydrogens is 226 g/mol. The van der Waals surface area contributed by atoms with Crippen LogP contribution in [0.4, 0.5) is 0 Å². The van der Waals surface area contributed by atoms with Crippen LogP contribution in [0.25, 0.3) is 6.08 Å². The molecular formula is C10H9N3O2S. The van der Waals surface area contributed by atoms with E-state index in [0.717, 1.165) is 0 Å². The van der Waals surface area contributed by atoms with E-state index in [1.54, 1.807) is 12.3 Å². The van der Waals surface area contributed by atoms with Crippen molar-refractivity contribution in [3.8, 4) is 6.07 Å². The predicted molar refractivity (Wildman–Crippen MR) is 60.0 cm³/mol. The molecule has 0 aliphatic rings. The summed E-state index contributed by atoms with van der Waals surface area (Å²) in [5, 5.41) is 17.7. The van der Waals surface area contributed by atoms with Gasteiger partial charge in [0.1, 0.15) is 0 Å². The summed E-state index contributed by atoms with van der Waals surface area (Å²) in [4.78, 5) is 18.8. The van der Waals surface area contributed by atoms with Gasteiger partial charge in [-0.05, 0) is 6.26 Å². The summed E-state index contributed by atoms with van der Waals surface area (Å²) in [6.07, 6.45) is 6.55. The van der Waals surface area contributed by atoms with Crippen LogP contribution in [0.15, 0.2) is 17.4 Å². The molecule has 0 radical (unpaired) electrons. The molecule has 6 heteroatoms. The summed E-state index contributed by atoms with van der Waals surface area (Å²) in [6, 6.07) is 1.93. The van der Waals surface area contributed by atoms with Crippen molar-refractivity contribution in [2.24, 2.45) is 0 Å². The average Bonchev–Trinajstić information content (AvgIpc) is 2.29. The van der Waals surface area contributed by atoms with Crippen molar-refractivity contribution in [1.82, 2.24) is 9.97 Å². The van der Waals surface area contributed by atoms with Crippen LogP contribution in [0, 0.1) is 11.3 Å². The Morgan fingerprint density at radius 2 is 2.50 bits per heavy atom. The van der Waals surface area contributed by atoms with Crippen LogP contribution in [0.5, 0.6) is 0 Å². The quantitative estimate of drug-likeness (QED) is 0.632. The van der Waals surface area contributed by atoms with E-state index in [0.29, 0.717) is 10.7 Å². The average molecular weight is 235 g/mol. The van der Waals surface area contributed by atoms with Crippen LogP contribution in [0.2, 0.25) is 0 Å². The lowest BCUT2D eigenvalue weighted by molar-refractivity contribution is 0.0689. The Morgan fingerprint density at radius 3 is 3.06 bits per heavy atom. The zero-order chi connectivity index (χ0) is 12.0. The summed E-state index contributed by atoms with van der Waals surface area (Å²) in [6.45, 7) is 0. The standard InChI is InChI=1S/C10H9N3O2S/c1-16-10-12-6-7(4-2-3-5-11)8(13-10)9(14)15/h2,4,6H,3H2,1H3,(H,14,15). The number of hydrogen-bond acceptors (Lipinski definition) is 5. The minimum absolute atomic E-state index is 0.0476. The Morgan fingerprint density at radius 1 is 1.75 bits per heavy atom. The largest absolute Gasteiger partial charge is 0.476 e. The maximum absolute atomic E-state index is 10.9. The molecule has 0 unspecified atom stereocenters. The lowest BCUT2D eigenvalue weighted by atomic mass is 10.2. The van der Waals surface area contributed by atoms with Gasteiger partial charge in [0.15, 0.2) is 10.9 Å². The van der Waals surface area contributed by atoms with Gasteiger partial charge < -0.3 is 5.11 Å². The fourth-order valence-corrected chi connectivity index (χ4v) is 1.35. The molecule has 0 aliphatic carbocycles. The van der Waals surface area contributed by atoms with E-state index in [4.69, 9.17) is 10.4 Å². The zero-order valence-electron chi connectivity index (χ0n) is 8.54. The van der Waals surface area contributed by atoms with E-state index < -0.39 is 5.97 Å². The molecule has 0 saturated carbocycles. The lowest BCUT2D eigenvalue weighted by Crippen LogP contribution is -2.05. The number of nitrogens with zero attached hydrogens (tertiary/aromatic N) is 3. The third kappa shape index (κ3) is 3.07. The molecule has 5 nitrogen and oxygen atoms in total. The number of carboxylic acid groups (broad SMARTS) is 1. The number of hydrogen-bond donors (Lipinski definition) is 1. The molecule has 0 spiro atoms. The summed E-state index contributed by atoms with van der Waals surface area (Å²) in [5.74, 6) is -1.10. The number of thioether (sulfide) groups is 1. The maximum atomic E-state index is 10.9. The van der Waals surface area contributed by atoms with Crippen LogP contribution in [0.1, 0.15) is 22.5 Å². The van der Waals surface area contributed by atoms with Crippen LogP contribution in [-0.4, -0.2) is 27.3 Å². The van der Waals surface area contributed by atoms with E-state index in [2.05, 4.69) is 9.97 Å². The molecule has 0 amide bonds. The van der Waals surface area contributed by atoms with Gasteiger partial charge in [0.2, 0.25) is 0 Å². The summed E-state index contributed by atoms with van der Waals surface area (Å²) >= 11 is 1.28. The number of carbonyl (C=O) groups is 1. The Hall–Kier alpha value is -1.87. The molecule has 0 saturated heterocycles. The first-order valence-electron chi connectivity index (χ1n) is 4.37. The fraction of sp³-hybridized carbons (Fsp3) is 0.200. The number of rotatable bonds is 4. The van der Waals surface area contributed by atoms with Crippen molar-refractivity contribution in [1.29, 1.82) is 5.26 Å². The van der Waals surface area contributed by atoms with E-state index in [9.17, 15) is 4.79 Å². The van der Waals surface area contributed by atoms with Gasteiger partial charge in [-0.2, -0.15) is 5.26 Å². The van der Waals surface area contributed by atoms with Gasteiger partial charge in [-0.3, -0.25) is 0 Å². The number of allylic oxidation sites excluding steroid dienone is 1. The summed E-state index contributed by atoms with van der Waals surface area (Å²) in [5.41, 5.74) is 0.356. The van der Waals surface area contributed by atoms with E-state index in [1.165, 1.54) is 24.0 Å². The van der Waals surface area contributed by atoms with Crippen LogP contribution in [-0.2, 0) is 0 Å². The fourth-order valence-electron chi connectivity index (χ4n) is 1.01. The normalized spacial score (nSPS) is 10.2. The zero-order valence-corrected chi connectivity index (χ0v) is 9.36. The van der Waals surface area contributed by atoms with Crippen LogP contribution < -0.4 is 0 Å². The molecule has 1 heterocycles. The highest BCUT2D eigenvalue weighted by atomic mass is 32.2. The van der Waals surface area contributed by atoms with Gasteiger partial charge in [0.25, 0.3) is 0 Å². The molecule has 82 valence electrons. The Bertz CT molecular complexity index is 466. The van der Waals surface area contributed by atoms with Crippen molar-refractivity contribution in [3.05, 3.63) is 23.5 Å². The van der Waals surface area contributed by atoms with Gasteiger partial charge in [-0.15, -0.1) is 0 Å². The lowest BCUT2D eigenvalue weighted by Gasteiger charge is -2.01. The minimum Gasteiger partial charge on any atom is -0.476 e. The topological polar surface area (TPSA) is 86.9 Å². The first-order chi connectivity index (χ1) is 7.69. The van der Waals surface area contributed by atoms with Gasteiger partial charge in [0.05, 0.1) is 12.5 Å². The van der Waals surface area contributed by atoms with Gasteiger partial charge >= 0.3 is 5.97 Å². The molecule has 1 aromatic rings. The van der Waals surface area contributed by atoms with E-state index in [1.807, 2.05) is 6.07 Å². The second kappa shape index (κ2) is 5.88. The highest BCUT2D eigenvalue weighted by Gasteiger charge is 2.11. The maximum Gasteiger partial charge on any atom is 0.355 e. The molecule has 0 fully saturated rings. The summed E-state index contributed by atoms with van der Waals surface area (Å²) in [7, 11) is 0. The molecule has 0 aromatic carbocycles. The van der Waals surface area contributed by atoms with Crippen LogP contribution in [0.3, 0.4) is 0 Å². The minimum atomic E-state index is -1.10. The van der Waals surface area contributed by atoms with E-state index >= 15 is 0 Å². The molecule has 0 bridgehead atoms. The van der Waals surface area contributed by atoms with Crippen molar-refractivity contribution in [2.45, 2.75) is 11.6 Å². The van der Waals surface area contributed by atoms with Gasteiger partial charge in [0, 0.05) is 11.8 Å². The molecule has 16 heavy (non-hydrogen) atoms. The first-order valence-corrected chi connectivity index (χ1v) is 5.59. The monoisotopic (exact) mass is 235 g/mol. The van der Waals surface area contributed by atoms with Crippen molar-refractivity contribution in [3.63, 3.8) is 0 Å². The molecule has 1 aromatic heterocycles. The Kier molecular flexibility index (Phi) is 4.48. The van der Waals surface area contributed by atoms with Crippen molar-refractivity contribution >= 4 is 23.8 Å². The number of aromatic carboxylic acids is 1. The Balaban J connectivity index is 3.09. The highest BCUT2D eigenvalue weighted by Crippen LogP contribution is 2.13.